The molecule has 1 aromatic heterocycles. The number of amides is 2. The predicted molar refractivity (Wildman–Crippen MR) is 140 cm³/mol. The van der Waals surface area contributed by atoms with E-state index in [9.17, 15) is 14.4 Å². The number of benzene rings is 3. The number of nitrogens with zero attached hydrogens (tertiary/aromatic N) is 1. The van der Waals surface area contributed by atoms with Crippen molar-refractivity contribution in [1.29, 1.82) is 0 Å². The number of esters is 1. The van der Waals surface area contributed by atoms with Gasteiger partial charge in [0.1, 0.15) is 10.6 Å². The summed E-state index contributed by atoms with van der Waals surface area (Å²) in [6.45, 7) is -0.260. The van der Waals surface area contributed by atoms with Crippen LogP contribution in [0.2, 0.25) is 5.02 Å². The Bertz CT molecular complexity index is 1450. The number of carbonyl (C=O) groups excluding carboxylic acids is 3. The van der Waals surface area contributed by atoms with E-state index in [0.29, 0.717) is 21.0 Å². The van der Waals surface area contributed by atoms with E-state index in [-0.39, 0.29) is 18.2 Å². The highest BCUT2D eigenvalue weighted by atomic mass is 79.9. The Balaban J connectivity index is 1.36. The molecule has 10 heteroatoms. The molecule has 0 bridgehead atoms. The highest BCUT2D eigenvalue weighted by Gasteiger charge is 2.19. The second-order valence-electron chi connectivity index (χ2n) is 7.15. The van der Waals surface area contributed by atoms with Crippen LogP contribution < -0.4 is 15.5 Å². The van der Waals surface area contributed by atoms with Crippen molar-refractivity contribution in [3.63, 3.8) is 0 Å². The fraction of sp³-hybridized carbons (Fsp3) is 0.0400. The molecule has 0 aliphatic carbocycles. The number of para-hydroxylation sites is 1. The third-order valence-electron chi connectivity index (χ3n) is 4.73. The smallest absolute Gasteiger partial charge is 0.355 e. The summed E-state index contributed by atoms with van der Waals surface area (Å²) >= 11 is 10.9. The van der Waals surface area contributed by atoms with Gasteiger partial charge in [-0.3, -0.25) is 9.59 Å². The second-order valence-corrected chi connectivity index (χ2v) is 9.50. The summed E-state index contributed by atoms with van der Waals surface area (Å²) in [7, 11) is 0. The number of carbonyl (C=O) groups is 3. The van der Waals surface area contributed by atoms with Crippen molar-refractivity contribution in [2.24, 2.45) is 5.10 Å². The van der Waals surface area contributed by atoms with Crippen molar-refractivity contribution in [2.75, 3.05) is 6.54 Å². The van der Waals surface area contributed by atoms with E-state index in [1.165, 1.54) is 17.6 Å². The number of hydrogen-bond acceptors (Lipinski definition) is 6. The first-order valence-corrected chi connectivity index (χ1v) is 12.2. The molecule has 0 spiro atoms. The molecule has 35 heavy (non-hydrogen) atoms. The van der Waals surface area contributed by atoms with E-state index < -0.39 is 11.9 Å². The minimum Gasteiger partial charge on any atom is -0.422 e. The van der Waals surface area contributed by atoms with Gasteiger partial charge >= 0.3 is 5.97 Å². The van der Waals surface area contributed by atoms with E-state index in [1.807, 2.05) is 24.3 Å². The lowest BCUT2D eigenvalue weighted by Gasteiger charge is -2.07. The lowest BCUT2D eigenvalue weighted by Crippen LogP contribution is -2.34. The van der Waals surface area contributed by atoms with Crippen molar-refractivity contribution < 1.29 is 19.1 Å². The number of ether oxygens (including phenoxy) is 1. The Kier molecular flexibility index (Phi) is 7.91. The first kappa shape index (κ1) is 24.6. The van der Waals surface area contributed by atoms with Crippen LogP contribution in [0.5, 0.6) is 5.75 Å². The molecular formula is C25H17BrClN3O4S. The molecule has 0 atom stereocenters. The van der Waals surface area contributed by atoms with Gasteiger partial charge in [0.15, 0.2) is 0 Å². The molecule has 3 aromatic carbocycles. The standard InChI is InChI=1S/C25H17BrClN3O4S/c26-17-8-5-7-15(12-17)24(32)28-14-21(31)30-29-13-16-6-1-3-10-19(16)34-25(33)23-22(27)18-9-2-4-11-20(18)35-23/h1-13H,14H2,(H,28,32)(H,30,31)/b29-13+. The quantitative estimate of drug-likeness (QED) is 0.134. The number of hydrazone groups is 1. The van der Waals surface area contributed by atoms with Crippen LogP contribution in [0.4, 0.5) is 0 Å². The summed E-state index contributed by atoms with van der Waals surface area (Å²) in [5, 5.41) is 7.56. The summed E-state index contributed by atoms with van der Waals surface area (Å²) < 4.78 is 7.20. The normalized spacial score (nSPS) is 10.9. The van der Waals surface area contributed by atoms with Gasteiger partial charge in [0.2, 0.25) is 0 Å². The fourth-order valence-electron chi connectivity index (χ4n) is 3.08. The molecule has 2 N–H and O–H groups in total. The largest absolute Gasteiger partial charge is 0.422 e. The number of nitrogens with one attached hydrogen (secondary N) is 2. The number of rotatable bonds is 7. The summed E-state index contributed by atoms with van der Waals surface area (Å²) in [4.78, 5) is 37.3. The summed E-state index contributed by atoms with van der Waals surface area (Å²) in [6.07, 6.45) is 1.35. The predicted octanol–water partition coefficient (Wildman–Crippen LogP) is 5.42. The monoisotopic (exact) mass is 569 g/mol. The molecule has 0 aliphatic rings. The molecule has 0 saturated heterocycles. The maximum absolute atomic E-state index is 12.8. The second kappa shape index (κ2) is 11.3. The number of thiophene rings is 1. The van der Waals surface area contributed by atoms with Crippen LogP contribution in [-0.4, -0.2) is 30.5 Å². The van der Waals surface area contributed by atoms with E-state index in [2.05, 4.69) is 31.8 Å². The Morgan fingerprint density at radius 1 is 1.03 bits per heavy atom. The minimum atomic E-state index is -0.587. The highest BCUT2D eigenvalue weighted by Crippen LogP contribution is 2.36. The summed E-state index contributed by atoms with van der Waals surface area (Å²) in [5.74, 6) is -1.23. The number of hydrogen-bond donors (Lipinski definition) is 2. The zero-order valence-electron chi connectivity index (χ0n) is 18.0. The van der Waals surface area contributed by atoms with Crippen LogP contribution in [0.3, 0.4) is 0 Å². The van der Waals surface area contributed by atoms with Crippen LogP contribution in [0.25, 0.3) is 10.1 Å². The van der Waals surface area contributed by atoms with Gasteiger partial charge in [-0.1, -0.05) is 63.9 Å². The van der Waals surface area contributed by atoms with Gasteiger partial charge in [0, 0.05) is 25.7 Å². The SMILES string of the molecule is O=C(CNC(=O)c1cccc(Br)c1)N/N=C/c1ccccc1OC(=O)c1sc2ccccc2c1Cl. The maximum atomic E-state index is 12.8. The van der Waals surface area contributed by atoms with E-state index in [1.54, 1.807) is 48.5 Å². The average molecular weight is 571 g/mol. The molecule has 7 nitrogen and oxygen atoms in total. The van der Waals surface area contributed by atoms with Crippen LogP contribution in [0.15, 0.2) is 82.4 Å². The van der Waals surface area contributed by atoms with Gasteiger partial charge in [-0.25, -0.2) is 10.2 Å². The fourth-order valence-corrected chi connectivity index (χ4v) is 4.86. The highest BCUT2D eigenvalue weighted by molar-refractivity contribution is 9.10. The molecule has 176 valence electrons. The molecule has 4 rings (SSSR count). The molecule has 2 amide bonds. The summed E-state index contributed by atoms with van der Waals surface area (Å²) in [5.41, 5.74) is 3.23. The Hall–Kier alpha value is -3.53. The summed E-state index contributed by atoms with van der Waals surface area (Å²) in [6, 6.07) is 21.0. The average Bonchev–Trinajstić information content (AvgIpc) is 3.20. The third-order valence-corrected chi connectivity index (χ3v) is 6.88. The van der Waals surface area contributed by atoms with Gasteiger partial charge in [-0.15, -0.1) is 11.3 Å². The molecule has 0 aliphatic heterocycles. The van der Waals surface area contributed by atoms with Crippen LogP contribution >= 0.6 is 38.9 Å². The molecular weight excluding hydrogens is 554 g/mol. The van der Waals surface area contributed by atoms with Gasteiger partial charge < -0.3 is 10.1 Å². The topological polar surface area (TPSA) is 96.9 Å². The van der Waals surface area contributed by atoms with E-state index >= 15 is 0 Å². The lowest BCUT2D eigenvalue weighted by molar-refractivity contribution is -0.120. The van der Waals surface area contributed by atoms with Crippen LogP contribution in [0, 0.1) is 0 Å². The Labute approximate surface area is 217 Å². The van der Waals surface area contributed by atoms with Crippen molar-refractivity contribution in [1.82, 2.24) is 10.7 Å². The third kappa shape index (κ3) is 6.13. The van der Waals surface area contributed by atoms with Gasteiger partial charge in [-0.05, 0) is 36.4 Å². The van der Waals surface area contributed by atoms with Crippen molar-refractivity contribution in [3.8, 4) is 5.75 Å². The molecule has 0 fully saturated rings. The Morgan fingerprint density at radius 3 is 2.60 bits per heavy atom. The van der Waals surface area contributed by atoms with E-state index in [0.717, 1.165) is 14.6 Å². The van der Waals surface area contributed by atoms with Crippen molar-refractivity contribution in [2.45, 2.75) is 0 Å². The minimum absolute atomic E-state index is 0.256. The zero-order valence-corrected chi connectivity index (χ0v) is 21.1. The zero-order chi connectivity index (χ0) is 24.8. The van der Waals surface area contributed by atoms with E-state index in [4.69, 9.17) is 16.3 Å². The van der Waals surface area contributed by atoms with Crippen molar-refractivity contribution in [3.05, 3.63) is 98.3 Å². The Morgan fingerprint density at radius 2 is 1.80 bits per heavy atom. The van der Waals surface area contributed by atoms with Gasteiger partial charge in [0.25, 0.3) is 11.8 Å². The number of halogens is 2. The van der Waals surface area contributed by atoms with Crippen LogP contribution in [-0.2, 0) is 4.79 Å². The van der Waals surface area contributed by atoms with Gasteiger partial charge in [-0.2, -0.15) is 5.10 Å². The molecule has 4 aromatic rings. The lowest BCUT2D eigenvalue weighted by atomic mass is 10.2. The molecule has 1 heterocycles. The van der Waals surface area contributed by atoms with Crippen molar-refractivity contribution >= 4 is 73.0 Å². The molecule has 0 unspecified atom stereocenters. The first-order chi connectivity index (χ1) is 16.9. The number of fused-ring (bicyclic) bond motifs is 1. The maximum Gasteiger partial charge on any atom is 0.355 e. The van der Waals surface area contributed by atoms with Gasteiger partial charge in [0.05, 0.1) is 17.8 Å². The molecule has 0 radical (unpaired) electrons. The molecule has 0 saturated carbocycles. The first-order valence-electron chi connectivity index (χ1n) is 10.3. The van der Waals surface area contributed by atoms with Crippen LogP contribution in [0.1, 0.15) is 25.6 Å².